The summed E-state index contributed by atoms with van der Waals surface area (Å²) in [6.45, 7) is 9.13. The summed E-state index contributed by atoms with van der Waals surface area (Å²) in [4.78, 5) is 23.9. The predicted octanol–water partition coefficient (Wildman–Crippen LogP) is 7.34. The quantitative estimate of drug-likeness (QED) is 0.211. The van der Waals surface area contributed by atoms with Gasteiger partial charge in [0.15, 0.2) is 0 Å². The van der Waals surface area contributed by atoms with E-state index in [-0.39, 0.29) is 11.5 Å². The average Bonchev–Trinajstić information content (AvgIpc) is 3.24. The number of hydrogen-bond acceptors (Lipinski definition) is 5. The summed E-state index contributed by atoms with van der Waals surface area (Å²) >= 11 is 0. The van der Waals surface area contributed by atoms with Gasteiger partial charge in [0.1, 0.15) is 0 Å². The molecule has 0 radical (unpaired) electrons. The maximum atomic E-state index is 11.9. The van der Waals surface area contributed by atoms with Crippen LogP contribution in [0.2, 0.25) is 0 Å². The van der Waals surface area contributed by atoms with E-state index < -0.39 is 11.9 Å². The first kappa shape index (κ1) is 27.2. The highest BCUT2D eigenvalue weighted by atomic mass is 16.6. The predicted molar refractivity (Wildman–Crippen MR) is 117 cm³/mol. The molecular weight excluding hydrogens is 368 g/mol. The lowest BCUT2D eigenvalue weighted by Gasteiger charge is -2.04. The summed E-state index contributed by atoms with van der Waals surface area (Å²) < 4.78 is 15.7. The Morgan fingerprint density at radius 3 is 1.38 bits per heavy atom. The van der Waals surface area contributed by atoms with Crippen molar-refractivity contribution in [1.82, 2.24) is 0 Å². The molecule has 0 saturated heterocycles. The van der Waals surface area contributed by atoms with Crippen LogP contribution in [0, 0.1) is 0 Å². The zero-order chi connectivity index (χ0) is 21.7. The number of rotatable bonds is 16. The van der Waals surface area contributed by atoms with Crippen LogP contribution < -0.4 is 0 Å². The van der Waals surface area contributed by atoms with Crippen LogP contribution in [0.3, 0.4) is 0 Å². The third kappa shape index (κ3) is 13.9. The molecule has 0 amide bonds. The topological polar surface area (TPSA) is 65.7 Å². The minimum atomic E-state index is -0.529. The van der Waals surface area contributed by atoms with Gasteiger partial charge < -0.3 is 13.9 Å². The van der Waals surface area contributed by atoms with E-state index in [2.05, 4.69) is 13.8 Å². The van der Waals surface area contributed by atoms with Crippen molar-refractivity contribution >= 4 is 11.9 Å². The lowest BCUT2D eigenvalue weighted by molar-refractivity contribution is 0.0427. The molecule has 0 fully saturated rings. The van der Waals surface area contributed by atoms with E-state index in [1.54, 1.807) is 0 Å². The zero-order valence-electron chi connectivity index (χ0n) is 19.1. The van der Waals surface area contributed by atoms with E-state index in [1.807, 2.05) is 13.8 Å². The van der Waals surface area contributed by atoms with Gasteiger partial charge in [0.25, 0.3) is 0 Å². The summed E-state index contributed by atoms with van der Waals surface area (Å²) in [5.41, 5.74) is 0. The molecule has 0 aliphatic carbocycles. The Balaban J connectivity index is 0.00000379. The maximum Gasteiger partial charge on any atom is 0.374 e. The number of esters is 2. The molecule has 0 N–H and O–H groups in total. The third-order valence-corrected chi connectivity index (χ3v) is 4.47. The van der Waals surface area contributed by atoms with Gasteiger partial charge in [-0.05, 0) is 25.0 Å². The van der Waals surface area contributed by atoms with Crippen molar-refractivity contribution in [3.63, 3.8) is 0 Å². The molecule has 0 aliphatic rings. The zero-order valence-corrected chi connectivity index (χ0v) is 19.1. The number of hydrogen-bond donors (Lipinski definition) is 0. The Morgan fingerprint density at radius 1 is 0.655 bits per heavy atom. The molecule has 0 bridgehead atoms. The molecule has 0 aromatic carbocycles. The van der Waals surface area contributed by atoms with Crippen LogP contribution in [-0.4, -0.2) is 25.2 Å². The van der Waals surface area contributed by atoms with Crippen LogP contribution in [0.15, 0.2) is 16.5 Å². The maximum absolute atomic E-state index is 11.9. The number of carbonyl (C=O) groups is 2. The van der Waals surface area contributed by atoms with Crippen molar-refractivity contribution < 1.29 is 23.5 Å². The van der Waals surface area contributed by atoms with Crippen LogP contribution in [-0.2, 0) is 9.47 Å². The third-order valence-electron chi connectivity index (χ3n) is 4.47. The summed E-state index contributed by atoms with van der Waals surface area (Å²) in [6, 6.07) is 2.93. The van der Waals surface area contributed by atoms with Crippen molar-refractivity contribution in [3.8, 4) is 0 Å². The van der Waals surface area contributed by atoms with Gasteiger partial charge in [-0.2, -0.15) is 0 Å². The summed E-state index contributed by atoms with van der Waals surface area (Å²) in [7, 11) is 0. The second kappa shape index (κ2) is 19.5. The number of carbonyl (C=O) groups excluding carboxylic acids is 2. The first-order valence-corrected chi connectivity index (χ1v) is 11.6. The Labute approximate surface area is 177 Å². The normalized spacial score (nSPS) is 10.2. The van der Waals surface area contributed by atoms with E-state index >= 15 is 0 Å². The SMILES string of the molecule is CC.CCCCCCCCOC(=O)c1ccc(C(=O)OCCCCCCCC)o1. The van der Waals surface area contributed by atoms with Gasteiger partial charge in [0.05, 0.1) is 13.2 Å². The first-order chi connectivity index (χ1) is 14.2. The molecule has 5 nitrogen and oxygen atoms in total. The molecule has 0 aliphatic heterocycles. The number of unbranched alkanes of at least 4 members (excludes halogenated alkanes) is 10. The van der Waals surface area contributed by atoms with Crippen LogP contribution in [0.5, 0.6) is 0 Å². The van der Waals surface area contributed by atoms with Crippen molar-refractivity contribution in [2.75, 3.05) is 13.2 Å². The van der Waals surface area contributed by atoms with E-state index in [0.717, 1.165) is 25.7 Å². The standard InChI is InChI=1S/C22H36O5.C2H6/c1-3-5-7-9-11-13-17-25-21(23)19-15-16-20(27-19)22(24)26-18-14-12-10-8-6-4-2;1-2/h15-16H,3-14,17-18H2,1-2H3;1-2H3. The van der Waals surface area contributed by atoms with E-state index in [4.69, 9.17) is 13.9 Å². The molecule has 1 rings (SSSR count). The van der Waals surface area contributed by atoms with Gasteiger partial charge in [0, 0.05) is 0 Å². The van der Waals surface area contributed by atoms with Gasteiger partial charge in [-0.3, -0.25) is 0 Å². The average molecular weight is 411 g/mol. The number of ether oxygens (including phenoxy) is 2. The molecular formula is C24H42O5. The molecule has 0 spiro atoms. The molecule has 1 aromatic heterocycles. The summed E-state index contributed by atoms with van der Waals surface area (Å²) in [5.74, 6) is -0.961. The van der Waals surface area contributed by atoms with Crippen LogP contribution in [0.4, 0.5) is 0 Å². The van der Waals surface area contributed by atoms with Crippen LogP contribution >= 0.6 is 0 Å². The van der Waals surface area contributed by atoms with Crippen molar-refractivity contribution in [2.45, 2.75) is 105 Å². The second-order valence-corrected chi connectivity index (χ2v) is 6.97. The molecule has 1 heterocycles. The fourth-order valence-electron chi connectivity index (χ4n) is 2.79. The highest BCUT2D eigenvalue weighted by Crippen LogP contribution is 2.12. The van der Waals surface area contributed by atoms with Gasteiger partial charge in [-0.1, -0.05) is 91.9 Å². The van der Waals surface area contributed by atoms with Gasteiger partial charge in [-0.25, -0.2) is 9.59 Å². The van der Waals surface area contributed by atoms with Gasteiger partial charge in [0.2, 0.25) is 11.5 Å². The summed E-state index contributed by atoms with van der Waals surface area (Å²) in [6.07, 6.45) is 13.6. The Kier molecular flexibility index (Phi) is 18.3. The molecule has 168 valence electrons. The van der Waals surface area contributed by atoms with Crippen LogP contribution in [0.1, 0.15) is 126 Å². The monoisotopic (exact) mass is 410 g/mol. The van der Waals surface area contributed by atoms with Gasteiger partial charge in [-0.15, -0.1) is 0 Å². The fourth-order valence-corrected chi connectivity index (χ4v) is 2.79. The van der Waals surface area contributed by atoms with E-state index in [9.17, 15) is 9.59 Å². The Bertz CT molecular complexity index is 477. The largest absolute Gasteiger partial charge is 0.460 e. The van der Waals surface area contributed by atoms with E-state index in [0.29, 0.717) is 13.2 Å². The lowest BCUT2D eigenvalue weighted by Crippen LogP contribution is -2.07. The van der Waals surface area contributed by atoms with E-state index in [1.165, 1.54) is 63.5 Å². The fraction of sp³-hybridized carbons (Fsp3) is 0.750. The minimum Gasteiger partial charge on any atom is -0.460 e. The van der Waals surface area contributed by atoms with Crippen molar-refractivity contribution in [3.05, 3.63) is 23.7 Å². The minimum absolute atomic E-state index is 0.0486. The Hall–Kier alpha value is -1.78. The second-order valence-electron chi connectivity index (χ2n) is 6.97. The molecule has 0 unspecified atom stereocenters. The highest BCUT2D eigenvalue weighted by molar-refractivity contribution is 5.90. The summed E-state index contributed by atoms with van der Waals surface area (Å²) in [5, 5.41) is 0. The highest BCUT2D eigenvalue weighted by Gasteiger charge is 2.17. The lowest BCUT2D eigenvalue weighted by atomic mass is 10.1. The smallest absolute Gasteiger partial charge is 0.374 e. The van der Waals surface area contributed by atoms with Crippen LogP contribution in [0.25, 0.3) is 0 Å². The number of furan rings is 1. The molecule has 0 saturated carbocycles. The Morgan fingerprint density at radius 2 is 1.00 bits per heavy atom. The first-order valence-electron chi connectivity index (χ1n) is 11.6. The van der Waals surface area contributed by atoms with Crippen molar-refractivity contribution in [1.29, 1.82) is 0 Å². The molecule has 5 heteroatoms. The molecule has 29 heavy (non-hydrogen) atoms. The molecule has 1 aromatic rings. The van der Waals surface area contributed by atoms with Gasteiger partial charge >= 0.3 is 11.9 Å². The molecule has 0 atom stereocenters. The van der Waals surface area contributed by atoms with Crippen molar-refractivity contribution in [2.24, 2.45) is 0 Å².